The highest BCUT2D eigenvalue weighted by molar-refractivity contribution is 6.05. The van der Waals surface area contributed by atoms with Crippen LogP contribution >= 0.6 is 0 Å². The van der Waals surface area contributed by atoms with E-state index in [2.05, 4.69) is 36.6 Å². The minimum absolute atomic E-state index is 0.0328. The van der Waals surface area contributed by atoms with Gasteiger partial charge in [0.15, 0.2) is 5.82 Å². The van der Waals surface area contributed by atoms with Crippen molar-refractivity contribution in [3.63, 3.8) is 0 Å². The van der Waals surface area contributed by atoms with Crippen LogP contribution in [-0.4, -0.2) is 73.5 Å². The van der Waals surface area contributed by atoms with E-state index < -0.39 is 41.2 Å². The molecule has 1 saturated carbocycles. The van der Waals surface area contributed by atoms with Gasteiger partial charge in [0.1, 0.15) is 11.6 Å². The van der Waals surface area contributed by atoms with Crippen molar-refractivity contribution in [1.82, 2.24) is 36.6 Å². The van der Waals surface area contributed by atoms with Gasteiger partial charge >= 0.3 is 5.97 Å². The first-order valence-electron chi connectivity index (χ1n) is 12.0. The maximum absolute atomic E-state index is 13.3. The van der Waals surface area contributed by atoms with Crippen LogP contribution in [0.1, 0.15) is 49.9 Å². The van der Waals surface area contributed by atoms with Gasteiger partial charge in [-0.15, -0.1) is 10.2 Å². The lowest BCUT2D eigenvalue weighted by Gasteiger charge is -2.30. The van der Waals surface area contributed by atoms with Gasteiger partial charge in [0.05, 0.1) is 19.5 Å². The molecule has 2 aliphatic rings. The predicted octanol–water partition coefficient (Wildman–Crippen LogP) is -0.816. The molecule has 14 heteroatoms. The second-order valence-corrected chi connectivity index (χ2v) is 9.07. The molecule has 37 heavy (non-hydrogen) atoms. The van der Waals surface area contributed by atoms with Crippen LogP contribution in [0, 0.1) is 0 Å². The summed E-state index contributed by atoms with van der Waals surface area (Å²) in [5, 5.41) is 30.2. The number of carboxylic acids is 1. The first-order valence-corrected chi connectivity index (χ1v) is 12.0. The minimum atomic E-state index is -1.19. The number of carbonyl (C=O) groups excluding carboxylic acids is 4. The monoisotopic (exact) mass is 512 g/mol. The number of aromatic nitrogens is 4. The number of aromatic amines is 1. The molecule has 0 saturated heterocycles. The SMILES string of the molecule is O=C(O)CCC(=O)NC1(C(=O)NCC(=O)N2c3ccccc3C[C@H]2C(=O)NCc2nn[nH]n2)CCCC1. The number of amides is 4. The molecule has 2 heterocycles. The molecule has 1 atom stereocenters. The van der Waals surface area contributed by atoms with Crippen LogP contribution in [0.3, 0.4) is 0 Å². The molecule has 1 aliphatic carbocycles. The number of nitrogens with zero attached hydrogens (tertiary/aromatic N) is 4. The molecule has 1 aliphatic heterocycles. The Morgan fingerprint density at radius 1 is 1.08 bits per heavy atom. The van der Waals surface area contributed by atoms with E-state index in [1.165, 1.54) is 4.90 Å². The topological polar surface area (TPSA) is 199 Å². The van der Waals surface area contributed by atoms with Gasteiger partial charge in [0.25, 0.3) is 0 Å². The molecular formula is C23H28N8O6. The summed E-state index contributed by atoms with van der Waals surface area (Å²) >= 11 is 0. The lowest BCUT2D eigenvalue weighted by atomic mass is 9.95. The molecule has 1 fully saturated rings. The second kappa shape index (κ2) is 11.1. The molecule has 2 aromatic rings. The fourth-order valence-corrected chi connectivity index (χ4v) is 4.79. The number of carbonyl (C=O) groups is 5. The first-order chi connectivity index (χ1) is 17.8. The smallest absolute Gasteiger partial charge is 0.303 e. The Labute approximate surface area is 211 Å². The highest BCUT2D eigenvalue weighted by atomic mass is 16.4. The fourth-order valence-electron chi connectivity index (χ4n) is 4.79. The Morgan fingerprint density at radius 2 is 1.84 bits per heavy atom. The number of hydrogen-bond acceptors (Lipinski definition) is 8. The first kappa shape index (κ1) is 25.7. The van der Waals surface area contributed by atoms with E-state index in [0.717, 1.165) is 5.56 Å². The van der Waals surface area contributed by atoms with E-state index in [1.54, 1.807) is 12.1 Å². The summed E-state index contributed by atoms with van der Waals surface area (Å²) in [4.78, 5) is 63.9. The zero-order valence-corrected chi connectivity index (χ0v) is 20.0. The molecule has 1 aromatic carbocycles. The summed E-state index contributed by atoms with van der Waals surface area (Å²) in [5.41, 5.74) is 0.207. The molecule has 0 spiro atoms. The van der Waals surface area contributed by atoms with Crippen LogP contribution in [0.15, 0.2) is 24.3 Å². The molecule has 1 aromatic heterocycles. The molecule has 0 radical (unpaired) electrons. The lowest BCUT2D eigenvalue weighted by molar-refractivity contribution is -0.139. The number of para-hydroxylation sites is 1. The molecular weight excluding hydrogens is 484 g/mol. The number of nitrogens with one attached hydrogen (secondary N) is 4. The highest BCUT2D eigenvalue weighted by Crippen LogP contribution is 2.33. The number of rotatable bonds is 10. The van der Waals surface area contributed by atoms with Crippen molar-refractivity contribution in [3.8, 4) is 0 Å². The van der Waals surface area contributed by atoms with Gasteiger partial charge in [-0.2, -0.15) is 5.21 Å². The molecule has 196 valence electrons. The van der Waals surface area contributed by atoms with Crippen LogP contribution in [0.25, 0.3) is 0 Å². The van der Waals surface area contributed by atoms with Gasteiger partial charge in [-0.1, -0.05) is 36.3 Å². The molecule has 4 amide bonds. The summed E-state index contributed by atoms with van der Waals surface area (Å²) in [6.45, 7) is -0.348. The average molecular weight is 513 g/mol. The van der Waals surface area contributed by atoms with Gasteiger partial charge in [-0.05, 0) is 24.5 Å². The number of benzene rings is 1. The third-order valence-electron chi connectivity index (χ3n) is 6.59. The van der Waals surface area contributed by atoms with E-state index in [-0.39, 0.29) is 25.9 Å². The van der Waals surface area contributed by atoms with Gasteiger partial charge in [0.2, 0.25) is 23.6 Å². The van der Waals surface area contributed by atoms with E-state index in [4.69, 9.17) is 5.11 Å². The van der Waals surface area contributed by atoms with Crippen LogP contribution in [0.2, 0.25) is 0 Å². The number of fused-ring (bicyclic) bond motifs is 1. The van der Waals surface area contributed by atoms with Gasteiger partial charge in [-0.25, -0.2) is 0 Å². The van der Waals surface area contributed by atoms with Crippen molar-refractivity contribution in [2.45, 2.75) is 63.1 Å². The number of hydrogen-bond donors (Lipinski definition) is 5. The summed E-state index contributed by atoms with van der Waals surface area (Å²) in [6.07, 6.45) is 1.92. The Balaban J connectivity index is 1.42. The Morgan fingerprint density at radius 3 is 2.54 bits per heavy atom. The van der Waals surface area contributed by atoms with E-state index in [1.807, 2.05) is 12.1 Å². The molecule has 4 rings (SSSR count). The summed E-state index contributed by atoms with van der Waals surface area (Å²) in [6, 6.07) is 6.32. The molecule has 0 bridgehead atoms. The van der Waals surface area contributed by atoms with E-state index in [0.29, 0.717) is 43.6 Å². The summed E-state index contributed by atoms with van der Waals surface area (Å²) in [7, 11) is 0. The average Bonchev–Trinajstić information content (AvgIpc) is 3.64. The molecule has 5 N–H and O–H groups in total. The Kier molecular flexibility index (Phi) is 7.74. The molecule has 0 unspecified atom stereocenters. The largest absolute Gasteiger partial charge is 0.481 e. The van der Waals surface area contributed by atoms with Gasteiger partial charge < -0.3 is 21.1 Å². The normalized spacial score (nSPS) is 17.6. The number of carboxylic acid groups (broad SMARTS) is 1. The maximum Gasteiger partial charge on any atom is 0.303 e. The molecule has 14 nitrogen and oxygen atoms in total. The maximum atomic E-state index is 13.3. The van der Waals surface area contributed by atoms with Crippen molar-refractivity contribution in [1.29, 1.82) is 0 Å². The third-order valence-corrected chi connectivity index (χ3v) is 6.59. The quantitative estimate of drug-likeness (QED) is 0.270. The summed E-state index contributed by atoms with van der Waals surface area (Å²) < 4.78 is 0. The minimum Gasteiger partial charge on any atom is -0.481 e. The predicted molar refractivity (Wildman–Crippen MR) is 127 cm³/mol. The van der Waals surface area contributed by atoms with Gasteiger partial charge in [0, 0.05) is 18.5 Å². The van der Waals surface area contributed by atoms with Crippen molar-refractivity contribution in [3.05, 3.63) is 35.7 Å². The van der Waals surface area contributed by atoms with Crippen LogP contribution in [0.4, 0.5) is 5.69 Å². The van der Waals surface area contributed by atoms with E-state index >= 15 is 0 Å². The van der Waals surface area contributed by atoms with Crippen molar-refractivity contribution in [2.24, 2.45) is 0 Å². The lowest BCUT2D eigenvalue weighted by Crippen LogP contribution is -2.59. The Hall–Kier alpha value is -4.36. The van der Waals surface area contributed by atoms with Crippen molar-refractivity contribution >= 4 is 35.3 Å². The van der Waals surface area contributed by atoms with E-state index in [9.17, 15) is 24.0 Å². The standard InChI is InChI=1S/C23H28N8O6/c32-18(7-8-20(34)35)26-23(9-3-4-10-23)22(37)25-13-19(33)31-15-6-2-1-5-14(15)11-16(31)21(36)24-12-17-27-29-30-28-17/h1-2,5-6,16H,3-4,7-13H2,(H,24,36)(H,25,37)(H,26,32)(H,34,35)(H,27,28,29,30)/t16-/m0/s1. The van der Waals surface area contributed by atoms with Crippen LogP contribution in [0.5, 0.6) is 0 Å². The number of aliphatic carboxylic acids is 1. The van der Waals surface area contributed by atoms with Crippen LogP contribution in [-0.2, 0) is 36.9 Å². The van der Waals surface area contributed by atoms with Crippen molar-refractivity contribution < 1.29 is 29.1 Å². The third kappa shape index (κ3) is 5.90. The zero-order valence-electron chi connectivity index (χ0n) is 20.0. The zero-order chi connectivity index (χ0) is 26.4. The number of tetrazole rings is 1. The highest BCUT2D eigenvalue weighted by Gasteiger charge is 2.43. The Bertz CT molecular complexity index is 1180. The number of H-pyrrole nitrogens is 1. The van der Waals surface area contributed by atoms with Crippen LogP contribution < -0.4 is 20.9 Å². The summed E-state index contributed by atoms with van der Waals surface area (Å²) in [5.74, 6) is -2.74. The van der Waals surface area contributed by atoms with Gasteiger partial charge in [-0.3, -0.25) is 28.9 Å². The second-order valence-electron chi connectivity index (χ2n) is 9.07. The number of anilines is 1. The fraction of sp³-hybridized carbons (Fsp3) is 0.478. The van der Waals surface area contributed by atoms with Crippen molar-refractivity contribution in [2.75, 3.05) is 11.4 Å².